The van der Waals surface area contributed by atoms with Gasteiger partial charge in [-0.25, -0.2) is 0 Å². The monoisotopic (exact) mass is 228 g/mol. The zero-order valence-electron chi connectivity index (χ0n) is 9.75. The second kappa shape index (κ2) is 5.13. The van der Waals surface area contributed by atoms with Crippen LogP contribution in [0.4, 0.5) is 0 Å². The number of hydrogen-bond donors (Lipinski definition) is 2. The molecule has 0 saturated heterocycles. The Labute approximate surface area is 101 Å². The van der Waals surface area contributed by atoms with Crippen molar-refractivity contribution in [3.63, 3.8) is 0 Å². The number of hydrogen-bond acceptors (Lipinski definition) is 2. The summed E-state index contributed by atoms with van der Waals surface area (Å²) in [7, 11) is 0. The zero-order chi connectivity index (χ0) is 12.3. The van der Waals surface area contributed by atoms with Crippen LogP contribution in [0.15, 0.2) is 54.6 Å². The number of aliphatic hydroxyl groups excluding tert-OH is 2. The van der Waals surface area contributed by atoms with Gasteiger partial charge in [-0.2, -0.15) is 0 Å². The second-order valence-electron chi connectivity index (χ2n) is 4.14. The highest BCUT2D eigenvalue weighted by atomic mass is 16.3. The van der Waals surface area contributed by atoms with E-state index in [0.717, 1.165) is 16.7 Å². The summed E-state index contributed by atoms with van der Waals surface area (Å²) in [5.41, 5.74) is 2.76. The van der Waals surface area contributed by atoms with Gasteiger partial charge < -0.3 is 10.2 Å². The van der Waals surface area contributed by atoms with E-state index in [2.05, 4.69) is 0 Å². The summed E-state index contributed by atoms with van der Waals surface area (Å²) >= 11 is 0. The SMILES string of the molecule is CC(O)C(O)c1ccccc1-c1ccccc1. The first-order valence-corrected chi connectivity index (χ1v) is 5.70. The van der Waals surface area contributed by atoms with Gasteiger partial charge in [-0.05, 0) is 23.6 Å². The first-order chi connectivity index (χ1) is 8.20. The van der Waals surface area contributed by atoms with E-state index in [4.69, 9.17) is 0 Å². The quantitative estimate of drug-likeness (QED) is 0.848. The van der Waals surface area contributed by atoms with Crippen molar-refractivity contribution < 1.29 is 10.2 Å². The molecule has 2 aromatic rings. The van der Waals surface area contributed by atoms with Crippen molar-refractivity contribution in [1.29, 1.82) is 0 Å². The lowest BCUT2D eigenvalue weighted by atomic mass is 9.94. The summed E-state index contributed by atoms with van der Waals surface area (Å²) in [5, 5.41) is 19.5. The van der Waals surface area contributed by atoms with Crippen molar-refractivity contribution in [1.82, 2.24) is 0 Å². The Morgan fingerprint density at radius 3 is 2.06 bits per heavy atom. The van der Waals surface area contributed by atoms with Crippen molar-refractivity contribution in [2.24, 2.45) is 0 Å². The van der Waals surface area contributed by atoms with Crippen LogP contribution in [0.2, 0.25) is 0 Å². The van der Waals surface area contributed by atoms with E-state index in [1.54, 1.807) is 6.92 Å². The molecule has 0 saturated carbocycles. The lowest BCUT2D eigenvalue weighted by Crippen LogP contribution is -2.14. The average molecular weight is 228 g/mol. The molecule has 2 aromatic carbocycles. The minimum atomic E-state index is -0.855. The van der Waals surface area contributed by atoms with Gasteiger partial charge in [0.15, 0.2) is 0 Å². The Morgan fingerprint density at radius 1 is 0.824 bits per heavy atom. The molecule has 2 unspecified atom stereocenters. The molecular weight excluding hydrogens is 212 g/mol. The van der Waals surface area contributed by atoms with Gasteiger partial charge in [-0.3, -0.25) is 0 Å². The van der Waals surface area contributed by atoms with Gasteiger partial charge in [0.1, 0.15) is 6.10 Å². The molecule has 0 amide bonds. The van der Waals surface area contributed by atoms with Crippen molar-refractivity contribution in [2.45, 2.75) is 19.1 Å². The van der Waals surface area contributed by atoms with E-state index >= 15 is 0 Å². The summed E-state index contributed by atoms with van der Waals surface area (Å²) in [5.74, 6) is 0. The van der Waals surface area contributed by atoms with Crippen LogP contribution in [0, 0.1) is 0 Å². The first kappa shape index (κ1) is 11.8. The van der Waals surface area contributed by atoms with Gasteiger partial charge >= 0.3 is 0 Å². The molecule has 2 atom stereocenters. The number of aliphatic hydroxyl groups is 2. The predicted molar refractivity (Wildman–Crippen MR) is 68.5 cm³/mol. The van der Waals surface area contributed by atoms with E-state index in [1.807, 2.05) is 54.6 Å². The second-order valence-corrected chi connectivity index (χ2v) is 4.14. The highest BCUT2D eigenvalue weighted by Crippen LogP contribution is 2.29. The lowest BCUT2D eigenvalue weighted by molar-refractivity contribution is 0.0309. The van der Waals surface area contributed by atoms with Gasteiger partial charge in [0.25, 0.3) is 0 Å². The van der Waals surface area contributed by atoms with Crippen molar-refractivity contribution in [2.75, 3.05) is 0 Å². The van der Waals surface area contributed by atoms with Crippen LogP contribution >= 0.6 is 0 Å². The Bertz CT molecular complexity index is 477. The molecule has 0 aliphatic carbocycles. The molecule has 0 fully saturated rings. The maximum absolute atomic E-state index is 9.99. The topological polar surface area (TPSA) is 40.5 Å². The van der Waals surface area contributed by atoms with E-state index in [1.165, 1.54) is 0 Å². The molecule has 2 nitrogen and oxygen atoms in total. The van der Waals surface area contributed by atoms with Crippen LogP contribution in [0.3, 0.4) is 0 Å². The molecule has 0 aliphatic rings. The number of benzene rings is 2. The molecule has 2 N–H and O–H groups in total. The normalized spacial score (nSPS) is 14.3. The smallest absolute Gasteiger partial charge is 0.105 e. The van der Waals surface area contributed by atoms with Gasteiger partial charge in [-0.1, -0.05) is 54.6 Å². The summed E-state index contributed by atoms with van der Waals surface area (Å²) in [6.45, 7) is 1.59. The van der Waals surface area contributed by atoms with Crippen molar-refractivity contribution in [3.05, 3.63) is 60.2 Å². The van der Waals surface area contributed by atoms with Crippen LogP contribution in [0.25, 0.3) is 11.1 Å². The third-order valence-electron chi connectivity index (χ3n) is 2.82. The Kier molecular flexibility index (Phi) is 3.57. The summed E-state index contributed by atoms with van der Waals surface area (Å²) in [6, 6.07) is 17.5. The Hall–Kier alpha value is -1.64. The fourth-order valence-corrected chi connectivity index (χ4v) is 1.90. The average Bonchev–Trinajstić information content (AvgIpc) is 2.39. The summed E-state index contributed by atoms with van der Waals surface area (Å²) in [6.07, 6.45) is -1.63. The molecule has 0 bridgehead atoms. The summed E-state index contributed by atoms with van der Waals surface area (Å²) in [4.78, 5) is 0. The molecule has 88 valence electrons. The van der Waals surface area contributed by atoms with E-state index in [-0.39, 0.29) is 0 Å². The number of rotatable bonds is 3. The van der Waals surface area contributed by atoms with E-state index in [9.17, 15) is 10.2 Å². The maximum atomic E-state index is 9.99. The van der Waals surface area contributed by atoms with Crippen LogP contribution in [-0.2, 0) is 0 Å². The standard InChI is InChI=1S/C15H16O2/c1-11(16)15(17)14-10-6-5-9-13(14)12-7-3-2-4-8-12/h2-11,15-17H,1H3. The van der Waals surface area contributed by atoms with Crippen molar-refractivity contribution in [3.8, 4) is 11.1 Å². The molecular formula is C15H16O2. The third-order valence-corrected chi connectivity index (χ3v) is 2.82. The molecule has 0 aliphatic heterocycles. The minimum Gasteiger partial charge on any atom is -0.390 e. The van der Waals surface area contributed by atoms with Gasteiger partial charge in [0.05, 0.1) is 6.10 Å². The highest BCUT2D eigenvalue weighted by molar-refractivity contribution is 5.67. The van der Waals surface area contributed by atoms with Gasteiger partial charge in [-0.15, -0.1) is 0 Å². The molecule has 2 heteroatoms. The van der Waals surface area contributed by atoms with E-state index in [0.29, 0.717) is 0 Å². The first-order valence-electron chi connectivity index (χ1n) is 5.70. The predicted octanol–water partition coefficient (Wildman–Crippen LogP) is 2.77. The maximum Gasteiger partial charge on any atom is 0.105 e. The minimum absolute atomic E-state index is 0.758. The highest BCUT2D eigenvalue weighted by Gasteiger charge is 2.17. The third kappa shape index (κ3) is 2.54. The molecule has 2 rings (SSSR count). The summed E-state index contributed by atoms with van der Waals surface area (Å²) < 4.78 is 0. The molecule has 0 spiro atoms. The Balaban J connectivity index is 2.48. The van der Waals surface area contributed by atoms with Crippen LogP contribution in [-0.4, -0.2) is 16.3 Å². The van der Waals surface area contributed by atoms with Crippen LogP contribution < -0.4 is 0 Å². The zero-order valence-corrected chi connectivity index (χ0v) is 9.75. The molecule has 0 heterocycles. The lowest BCUT2D eigenvalue weighted by Gasteiger charge is -2.18. The Morgan fingerprint density at radius 2 is 1.41 bits per heavy atom. The fraction of sp³-hybridized carbons (Fsp3) is 0.200. The largest absolute Gasteiger partial charge is 0.390 e. The molecule has 17 heavy (non-hydrogen) atoms. The van der Waals surface area contributed by atoms with E-state index < -0.39 is 12.2 Å². The molecule has 0 aromatic heterocycles. The van der Waals surface area contributed by atoms with Crippen LogP contribution in [0.5, 0.6) is 0 Å². The molecule has 0 radical (unpaired) electrons. The van der Waals surface area contributed by atoms with Crippen LogP contribution in [0.1, 0.15) is 18.6 Å². The van der Waals surface area contributed by atoms with Gasteiger partial charge in [0.2, 0.25) is 0 Å². The van der Waals surface area contributed by atoms with Crippen molar-refractivity contribution >= 4 is 0 Å². The van der Waals surface area contributed by atoms with Gasteiger partial charge in [0, 0.05) is 0 Å². The fourth-order valence-electron chi connectivity index (χ4n) is 1.90.